The van der Waals surface area contributed by atoms with Crippen molar-refractivity contribution in [3.63, 3.8) is 0 Å². The van der Waals surface area contributed by atoms with Crippen molar-refractivity contribution in [2.24, 2.45) is 10.9 Å². The molecule has 0 fully saturated rings. The summed E-state index contributed by atoms with van der Waals surface area (Å²) in [6.07, 6.45) is 0. The van der Waals surface area contributed by atoms with E-state index in [1.54, 1.807) is 13.8 Å². The number of nitrogens with zero attached hydrogens (tertiary/aromatic N) is 2. The van der Waals surface area contributed by atoms with E-state index >= 15 is 0 Å². The number of rotatable bonds is 3. The van der Waals surface area contributed by atoms with Crippen LogP contribution in [0.15, 0.2) is 58.7 Å². The molecule has 2 atom stereocenters. The third-order valence-corrected chi connectivity index (χ3v) is 4.60. The number of carbonyl (C=O) groups excluding carboxylic acids is 1. The number of allylic oxidation sites excluding steroid dienone is 1. The number of carbonyl (C=O) groups is 1. The Kier molecular flexibility index (Phi) is 4.67. The summed E-state index contributed by atoms with van der Waals surface area (Å²) in [4.78, 5) is 17.0. The summed E-state index contributed by atoms with van der Waals surface area (Å²) in [7, 11) is 0. The molecule has 0 bridgehead atoms. The molecule has 2 unspecified atom stereocenters. The van der Waals surface area contributed by atoms with Gasteiger partial charge >= 0.3 is 5.97 Å². The van der Waals surface area contributed by atoms with Gasteiger partial charge in [-0.2, -0.15) is 5.26 Å². The SMILES string of the molecule is CCOC(=O)C1=C(C)N=C(C)C(C#N)C1c1ccc2ccccc2c1. The third kappa shape index (κ3) is 3.06. The number of aliphatic imine (C=N–C) groups is 1. The maximum atomic E-state index is 12.6. The molecule has 126 valence electrons. The molecule has 1 aliphatic heterocycles. The molecular formula is C21H20N2O2. The number of nitriles is 1. The van der Waals surface area contributed by atoms with Gasteiger partial charge < -0.3 is 4.74 Å². The Bertz CT molecular complexity index is 934. The van der Waals surface area contributed by atoms with Crippen molar-refractivity contribution in [2.45, 2.75) is 26.7 Å². The van der Waals surface area contributed by atoms with Crippen molar-refractivity contribution >= 4 is 22.5 Å². The molecule has 0 saturated carbocycles. The van der Waals surface area contributed by atoms with Crippen LogP contribution in [-0.2, 0) is 9.53 Å². The molecule has 0 spiro atoms. The predicted molar refractivity (Wildman–Crippen MR) is 98.2 cm³/mol. The summed E-state index contributed by atoms with van der Waals surface area (Å²) in [6, 6.07) is 16.4. The fraction of sp³-hybridized carbons (Fsp3) is 0.286. The van der Waals surface area contributed by atoms with Crippen LogP contribution in [0.25, 0.3) is 10.8 Å². The third-order valence-electron chi connectivity index (χ3n) is 4.60. The topological polar surface area (TPSA) is 62.4 Å². The van der Waals surface area contributed by atoms with E-state index in [4.69, 9.17) is 4.74 Å². The van der Waals surface area contributed by atoms with Gasteiger partial charge in [0.15, 0.2) is 0 Å². The molecular weight excluding hydrogens is 312 g/mol. The van der Waals surface area contributed by atoms with Crippen LogP contribution in [0, 0.1) is 17.2 Å². The summed E-state index contributed by atoms with van der Waals surface area (Å²) in [5.41, 5.74) is 2.77. The standard InChI is InChI=1S/C21H20N2O2/c1-4-25-21(24)19-14(3)23-13(2)18(12-22)20(19)17-10-9-15-7-5-6-8-16(15)11-17/h5-11,18,20H,4H2,1-3H3. The summed E-state index contributed by atoms with van der Waals surface area (Å²) < 4.78 is 5.24. The van der Waals surface area contributed by atoms with Crippen molar-refractivity contribution in [3.05, 3.63) is 59.3 Å². The van der Waals surface area contributed by atoms with Gasteiger partial charge in [-0.3, -0.25) is 4.99 Å². The van der Waals surface area contributed by atoms with E-state index in [0.29, 0.717) is 17.9 Å². The Morgan fingerprint density at radius 2 is 1.92 bits per heavy atom. The average molecular weight is 332 g/mol. The molecule has 2 aromatic rings. The van der Waals surface area contributed by atoms with Crippen LogP contribution in [0.2, 0.25) is 0 Å². The van der Waals surface area contributed by atoms with Gasteiger partial charge in [0.2, 0.25) is 0 Å². The first-order chi connectivity index (χ1) is 12.1. The van der Waals surface area contributed by atoms with E-state index in [1.807, 2.05) is 43.3 Å². The highest BCUT2D eigenvalue weighted by molar-refractivity contribution is 5.98. The molecule has 0 aromatic heterocycles. The summed E-state index contributed by atoms with van der Waals surface area (Å²) in [6.45, 7) is 5.71. The first-order valence-electron chi connectivity index (χ1n) is 8.38. The lowest BCUT2D eigenvalue weighted by molar-refractivity contribution is -0.139. The Labute approximate surface area is 147 Å². The van der Waals surface area contributed by atoms with Gasteiger partial charge in [0.25, 0.3) is 0 Å². The zero-order valence-electron chi connectivity index (χ0n) is 14.6. The smallest absolute Gasteiger partial charge is 0.336 e. The van der Waals surface area contributed by atoms with Crippen LogP contribution >= 0.6 is 0 Å². The van der Waals surface area contributed by atoms with Crippen LogP contribution < -0.4 is 0 Å². The molecule has 3 rings (SSSR count). The van der Waals surface area contributed by atoms with E-state index in [0.717, 1.165) is 22.0 Å². The molecule has 0 amide bonds. The highest BCUT2D eigenvalue weighted by Crippen LogP contribution is 2.39. The molecule has 1 aliphatic rings. The second-order valence-corrected chi connectivity index (χ2v) is 6.16. The summed E-state index contributed by atoms with van der Waals surface area (Å²) >= 11 is 0. The molecule has 0 aliphatic carbocycles. The van der Waals surface area contributed by atoms with Gasteiger partial charge in [0.05, 0.1) is 24.2 Å². The number of ether oxygens (including phenoxy) is 1. The number of hydrogen-bond donors (Lipinski definition) is 0. The van der Waals surface area contributed by atoms with E-state index in [9.17, 15) is 10.1 Å². The van der Waals surface area contributed by atoms with Crippen molar-refractivity contribution in [1.82, 2.24) is 0 Å². The number of hydrogen-bond acceptors (Lipinski definition) is 4. The second-order valence-electron chi connectivity index (χ2n) is 6.16. The molecule has 0 radical (unpaired) electrons. The van der Waals surface area contributed by atoms with E-state index in [2.05, 4.69) is 17.1 Å². The van der Waals surface area contributed by atoms with E-state index in [-0.39, 0.29) is 5.92 Å². The largest absolute Gasteiger partial charge is 0.463 e. The fourth-order valence-electron chi connectivity index (χ4n) is 3.44. The van der Waals surface area contributed by atoms with Crippen molar-refractivity contribution in [2.75, 3.05) is 6.61 Å². The Morgan fingerprint density at radius 3 is 2.60 bits per heavy atom. The Hall–Kier alpha value is -2.93. The molecule has 0 N–H and O–H groups in total. The van der Waals surface area contributed by atoms with E-state index < -0.39 is 11.9 Å². The van der Waals surface area contributed by atoms with Crippen LogP contribution in [0.5, 0.6) is 0 Å². The van der Waals surface area contributed by atoms with Gasteiger partial charge in [-0.25, -0.2) is 4.79 Å². The molecule has 0 saturated heterocycles. The van der Waals surface area contributed by atoms with Gasteiger partial charge in [-0.05, 0) is 37.1 Å². The summed E-state index contributed by atoms with van der Waals surface area (Å²) in [5, 5.41) is 11.9. The molecule has 1 heterocycles. The van der Waals surface area contributed by atoms with Gasteiger partial charge in [0, 0.05) is 17.3 Å². The van der Waals surface area contributed by atoms with E-state index in [1.165, 1.54) is 0 Å². The molecule has 4 nitrogen and oxygen atoms in total. The van der Waals surface area contributed by atoms with Crippen LogP contribution in [0.4, 0.5) is 0 Å². The molecule has 4 heteroatoms. The number of fused-ring (bicyclic) bond motifs is 1. The van der Waals surface area contributed by atoms with Crippen molar-refractivity contribution < 1.29 is 9.53 Å². The summed E-state index contributed by atoms with van der Waals surface area (Å²) in [5.74, 6) is -1.25. The lowest BCUT2D eigenvalue weighted by Gasteiger charge is -2.29. The first-order valence-corrected chi connectivity index (χ1v) is 8.38. The van der Waals surface area contributed by atoms with Crippen molar-refractivity contribution in [1.29, 1.82) is 5.26 Å². The van der Waals surface area contributed by atoms with Gasteiger partial charge in [0.1, 0.15) is 0 Å². The predicted octanol–water partition coefficient (Wildman–Crippen LogP) is 4.37. The highest BCUT2D eigenvalue weighted by atomic mass is 16.5. The normalized spacial score (nSPS) is 20.2. The van der Waals surface area contributed by atoms with Crippen LogP contribution in [0.3, 0.4) is 0 Å². The highest BCUT2D eigenvalue weighted by Gasteiger charge is 2.37. The first kappa shape index (κ1) is 16.9. The van der Waals surface area contributed by atoms with Crippen molar-refractivity contribution in [3.8, 4) is 6.07 Å². The zero-order valence-corrected chi connectivity index (χ0v) is 14.6. The lowest BCUT2D eigenvalue weighted by atomic mass is 9.76. The number of esters is 1. The average Bonchev–Trinajstić information content (AvgIpc) is 2.60. The van der Waals surface area contributed by atoms with Crippen LogP contribution in [0.1, 0.15) is 32.3 Å². The minimum absolute atomic E-state index is 0.292. The Balaban J connectivity index is 2.18. The second kappa shape index (κ2) is 6.90. The monoisotopic (exact) mass is 332 g/mol. The fourth-order valence-corrected chi connectivity index (χ4v) is 3.44. The molecule has 2 aromatic carbocycles. The zero-order chi connectivity index (χ0) is 18.0. The quantitative estimate of drug-likeness (QED) is 0.784. The molecule has 25 heavy (non-hydrogen) atoms. The minimum Gasteiger partial charge on any atom is -0.463 e. The maximum absolute atomic E-state index is 12.6. The maximum Gasteiger partial charge on any atom is 0.336 e. The van der Waals surface area contributed by atoms with Crippen LogP contribution in [-0.4, -0.2) is 18.3 Å². The van der Waals surface area contributed by atoms with Gasteiger partial charge in [-0.15, -0.1) is 0 Å². The van der Waals surface area contributed by atoms with Gasteiger partial charge in [-0.1, -0.05) is 42.5 Å². The minimum atomic E-state index is -0.482. The lowest BCUT2D eigenvalue weighted by Crippen LogP contribution is -2.29. The number of benzene rings is 2. The Morgan fingerprint density at radius 1 is 1.20 bits per heavy atom.